The average Bonchev–Trinajstić information content (AvgIpc) is 2.70. The summed E-state index contributed by atoms with van der Waals surface area (Å²) in [4.78, 5) is 37.1. The molecule has 0 heterocycles. The van der Waals surface area contributed by atoms with Crippen molar-refractivity contribution in [3.63, 3.8) is 0 Å². The Labute approximate surface area is 184 Å². The summed E-state index contributed by atoms with van der Waals surface area (Å²) < 4.78 is 10.7. The summed E-state index contributed by atoms with van der Waals surface area (Å²) in [7, 11) is 0. The van der Waals surface area contributed by atoms with Gasteiger partial charge in [0.1, 0.15) is 12.2 Å². The van der Waals surface area contributed by atoms with Gasteiger partial charge in [0.15, 0.2) is 0 Å². The quantitative estimate of drug-likeness (QED) is 0.447. The fourth-order valence-corrected chi connectivity index (χ4v) is 4.04. The van der Waals surface area contributed by atoms with Gasteiger partial charge in [-0.05, 0) is 57.4 Å². The number of ether oxygens (including phenoxy) is 2. The maximum atomic E-state index is 12.6. The van der Waals surface area contributed by atoms with Gasteiger partial charge >= 0.3 is 17.9 Å². The number of nitrogens with two attached hydrogens (primary N) is 1. The number of carbonyl (C=O) groups is 3. The van der Waals surface area contributed by atoms with Crippen molar-refractivity contribution in [1.29, 1.82) is 0 Å². The molecule has 7 nitrogen and oxygen atoms in total. The molecule has 1 saturated carbocycles. The number of hydrogen-bond acceptors (Lipinski definition) is 6. The van der Waals surface area contributed by atoms with Crippen LogP contribution in [-0.4, -0.2) is 34.2 Å². The van der Waals surface area contributed by atoms with Crippen molar-refractivity contribution < 1.29 is 29.0 Å². The van der Waals surface area contributed by atoms with Gasteiger partial charge in [-0.3, -0.25) is 4.79 Å². The monoisotopic (exact) mass is 433 g/mol. The van der Waals surface area contributed by atoms with E-state index in [4.69, 9.17) is 15.2 Å². The second-order valence-corrected chi connectivity index (χ2v) is 9.66. The molecule has 1 aliphatic carbocycles. The SMILES string of the molecule is CC(C)(C)OC(=O)C(N)(CCC1(CC(=O)OCc2ccccc2)CCCCC1)C(=O)O. The second kappa shape index (κ2) is 10.3. The molecular formula is C24H35NO6. The van der Waals surface area contributed by atoms with Crippen molar-refractivity contribution in [2.75, 3.05) is 0 Å². The minimum Gasteiger partial charge on any atom is -0.479 e. The van der Waals surface area contributed by atoms with E-state index in [0.717, 1.165) is 37.7 Å². The molecule has 0 spiro atoms. The zero-order valence-corrected chi connectivity index (χ0v) is 18.8. The van der Waals surface area contributed by atoms with Gasteiger partial charge in [-0.15, -0.1) is 0 Å². The van der Waals surface area contributed by atoms with Gasteiger partial charge in [0.2, 0.25) is 5.54 Å². The predicted octanol–water partition coefficient (Wildman–Crippen LogP) is 3.97. The number of benzene rings is 1. The Bertz CT molecular complexity index is 764. The maximum Gasteiger partial charge on any atom is 0.338 e. The summed E-state index contributed by atoms with van der Waals surface area (Å²) in [5.74, 6) is -2.69. The van der Waals surface area contributed by atoms with Crippen LogP contribution in [0.25, 0.3) is 0 Å². The van der Waals surface area contributed by atoms with Gasteiger partial charge in [-0.25, -0.2) is 9.59 Å². The van der Waals surface area contributed by atoms with Crippen LogP contribution < -0.4 is 5.73 Å². The molecule has 0 radical (unpaired) electrons. The zero-order valence-electron chi connectivity index (χ0n) is 18.8. The van der Waals surface area contributed by atoms with E-state index >= 15 is 0 Å². The van der Waals surface area contributed by atoms with Crippen LogP contribution >= 0.6 is 0 Å². The van der Waals surface area contributed by atoms with E-state index in [1.54, 1.807) is 20.8 Å². The van der Waals surface area contributed by atoms with Gasteiger partial charge in [0.05, 0.1) is 6.42 Å². The van der Waals surface area contributed by atoms with Gasteiger partial charge in [-0.2, -0.15) is 0 Å². The third-order valence-corrected chi connectivity index (χ3v) is 5.87. The van der Waals surface area contributed by atoms with Gasteiger partial charge < -0.3 is 20.3 Å². The Hall–Kier alpha value is -2.41. The Morgan fingerprint density at radius 2 is 1.68 bits per heavy atom. The van der Waals surface area contributed by atoms with Crippen LogP contribution in [0.2, 0.25) is 0 Å². The lowest BCUT2D eigenvalue weighted by atomic mass is 9.67. The number of carbonyl (C=O) groups excluding carboxylic acids is 2. The molecule has 1 fully saturated rings. The average molecular weight is 434 g/mol. The molecule has 0 amide bonds. The summed E-state index contributed by atoms with van der Waals surface area (Å²) in [6.07, 6.45) is 4.95. The molecule has 0 saturated heterocycles. The largest absolute Gasteiger partial charge is 0.479 e. The first-order valence-electron chi connectivity index (χ1n) is 10.9. The van der Waals surface area contributed by atoms with Crippen molar-refractivity contribution in [2.24, 2.45) is 11.1 Å². The van der Waals surface area contributed by atoms with E-state index in [9.17, 15) is 19.5 Å². The highest BCUT2D eigenvalue weighted by molar-refractivity contribution is 6.03. The summed E-state index contributed by atoms with van der Waals surface area (Å²) in [5.41, 5.74) is 3.53. The number of carboxylic acids is 1. The van der Waals surface area contributed by atoms with Gasteiger partial charge in [0.25, 0.3) is 0 Å². The number of carboxylic acid groups (broad SMARTS) is 1. The second-order valence-electron chi connectivity index (χ2n) is 9.66. The summed E-state index contributed by atoms with van der Waals surface area (Å²) >= 11 is 0. The lowest BCUT2D eigenvalue weighted by Gasteiger charge is -2.38. The first-order chi connectivity index (χ1) is 14.5. The number of rotatable bonds is 9. The molecule has 7 heteroatoms. The molecule has 0 bridgehead atoms. The van der Waals surface area contributed by atoms with Crippen LogP contribution in [0, 0.1) is 5.41 Å². The predicted molar refractivity (Wildman–Crippen MR) is 116 cm³/mol. The molecular weight excluding hydrogens is 398 g/mol. The Morgan fingerprint density at radius 3 is 2.23 bits per heavy atom. The summed E-state index contributed by atoms with van der Waals surface area (Å²) in [6.45, 7) is 5.19. The topological polar surface area (TPSA) is 116 Å². The standard InChI is InChI=1S/C24H35NO6/c1-22(2,3)31-21(29)24(25,20(27)28)15-14-23(12-8-5-9-13-23)16-19(26)30-17-18-10-6-4-7-11-18/h4,6-7,10-11H,5,8-9,12-17,25H2,1-3H3,(H,27,28). The number of hydrogen-bond donors (Lipinski definition) is 2. The minimum atomic E-state index is -2.15. The fourth-order valence-electron chi connectivity index (χ4n) is 4.04. The Kier molecular flexibility index (Phi) is 8.23. The van der Waals surface area contributed by atoms with Crippen LogP contribution in [0.15, 0.2) is 30.3 Å². The third kappa shape index (κ3) is 7.35. The van der Waals surface area contributed by atoms with Crippen molar-refractivity contribution >= 4 is 17.9 Å². The highest BCUT2D eigenvalue weighted by Gasteiger charge is 2.47. The smallest absolute Gasteiger partial charge is 0.338 e. The van der Waals surface area contributed by atoms with E-state index in [1.807, 2.05) is 30.3 Å². The normalized spacial score (nSPS) is 17.9. The number of esters is 2. The van der Waals surface area contributed by atoms with E-state index in [-0.39, 0.29) is 25.4 Å². The lowest BCUT2D eigenvalue weighted by molar-refractivity contribution is -0.169. The Balaban J connectivity index is 2.07. The molecule has 0 aromatic heterocycles. The van der Waals surface area contributed by atoms with Crippen LogP contribution in [-0.2, 0) is 30.5 Å². The first kappa shape index (κ1) is 24.9. The Morgan fingerprint density at radius 1 is 1.06 bits per heavy atom. The molecule has 3 N–H and O–H groups in total. The highest BCUT2D eigenvalue weighted by atomic mass is 16.6. The van der Waals surface area contributed by atoms with E-state index in [2.05, 4.69) is 0 Å². The maximum absolute atomic E-state index is 12.6. The molecule has 1 atom stereocenters. The van der Waals surface area contributed by atoms with Gasteiger partial charge in [0, 0.05) is 0 Å². The van der Waals surface area contributed by atoms with Crippen molar-refractivity contribution in [3.05, 3.63) is 35.9 Å². The van der Waals surface area contributed by atoms with Crippen LogP contribution in [0.5, 0.6) is 0 Å². The number of aliphatic carboxylic acids is 1. The van der Waals surface area contributed by atoms with Crippen molar-refractivity contribution in [1.82, 2.24) is 0 Å². The first-order valence-corrected chi connectivity index (χ1v) is 10.9. The molecule has 31 heavy (non-hydrogen) atoms. The molecule has 0 aliphatic heterocycles. The van der Waals surface area contributed by atoms with E-state index in [1.165, 1.54) is 0 Å². The minimum absolute atomic E-state index is 0.0940. The summed E-state index contributed by atoms with van der Waals surface area (Å²) in [5, 5.41) is 9.69. The highest BCUT2D eigenvalue weighted by Crippen LogP contribution is 2.44. The third-order valence-electron chi connectivity index (χ3n) is 5.87. The van der Waals surface area contributed by atoms with E-state index < -0.39 is 28.5 Å². The molecule has 172 valence electrons. The molecule has 1 aromatic carbocycles. The van der Waals surface area contributed by atoms with Crippen molar-refractivity contribution in [2.45, 2.75) is 89.9 Å². The van der Waals surface area contributed by atoms with Gasteiger partial charge in [-0.1, -0.05) is 49.6 Å². The molecule has 1 aromatic rings. The summed E-state index contributed by atoms with van der Waals surface area (Å²) in [6, 6.07) is 9.44. The van der Waals surface area contributed by atoms with Crippen molar-refractivity contribution in [3.8, 4) is 0 Å². The molecule has 1 unspecified atom stereocenters. The van der Waals surface area contributed by atoms with Crippen LogP contribution in [0.3, 0.4) is 0 Å². The lowest BCUT2D eigenvalue weighted by Crippen LogP contribution is -2.57. The molecule has 2 rings (SSSR count). The molecule has 1 aliphatic rings. The zero-order chi connectivity index (χ0) is 23.1. The fraction of sp³-hybridized carbons (Fsp3) is 0.625. The van der Waals surface area contributed by atoms with E-state index in [0.29, 0.717) is 6.42 Å². The van der Waals surface area contributed by atoms with Crippen LogP contribution in [0.1, 0.15) is 77.7 Å². The van der Waals surface area contributed by atoms with Crippen LogP contribution in [0.4, 0.5) is 0 Å².